The van der Waals surface area contributed by atoms with Gasteiger partial charge in [-0.2, -0.15) is 0 Å². The Bertz CT molecular complexity index is 476. The zero-order valence-corrected chi connectivity index (χ0v) is 13.2. The number of fused-ring (bicyclic) bond motifs is 2. The van der Waals surface area contributed by atoms with Gasteiger partial charge in [0.05, 0.1) is 0 Å². The Morgan fingerprint density at radius 1 is 1.33 bits per heavy atom. The molecule has 2 bridgehead atoms. The van der Waals surface area contributed by atoms with Crippen molar-refractivity contribution in [1.82, 2.24) is 10.2 Å². The normalized spacial score (nSPS) is 28.0. The molecular formula is C18H27FN2. The summed E-state index contributed by atoms with van der Waals surface area (Å²) in [6.45, 7) is 7.55. The minimum atomic E-state index is -0.0850. The Morgan fingerprint density at radius 3 is 2.76 bits per heavy atom. The van der Waals surface area contributed by atoms with Crippen LogP contribution in [0, 0.1) is 17.7 Å². The smallest absolute Gasteiger partial charge is 0.127 e. The van der Waals surface area contributed by atoms with Crippen molar-refractivity contribution in [3.63, 3.8) is 0 Å². The molecule has 1 aliphatic carbocycles. The van der Waals surface area contributed by atoms with E-state index in [-0.39, 0.29) is 11.9 Å². The van der Waals surface area contributed by atoms with Gasteiger partial charge in [-0.25, -0.2) is 4.39 Å². The molecule has 1 aromatic rings. The lowest BCUT2D eigenvalue weighted by Gasteiger charge is -2.33. The number of hydrogen-bond acceptors (Lipinski definition) is 2. The van der Waals surface area contributed by atoms with E-state index in [1.165, 1.54) is 25.8 Å². The lowest BCUT2D eigenvalue weighted by atomic mass is 9.93. The maximum Gasteiger partial charge on any atom is 0.127 e. The van der Waals surface area contributed by atoms with Gasteiger partial charge in [0.15, 0.2) is 0 Å². The molecule has 2 nitrogen and oxygen atoms in total. The molecule has 116 valence electrons. The number of halogens is 1. The van der Waals surface area contributed by atoms with Crippen LogP contribution in [0.25, 0.3) is 0 Å². The second-order valence-corrected chi connectivity index (χ2v) is 6.82. The van der Waals surface area contributed by atoms with E-state index in [4.69, 9.17) is 0 Å². The Morgan fingerprint density at radius 2 is 2.14 bits per heavy atom. The van der Waals surface area contributed by atoms with E-state index >= 15 is 0 Å². The zero-order valence-electron chi connectivity index (χ0n) is 13.2. The molecule has 0 amide bonds. The van der Waals surface area contributed by atoms with Crippen LogP contribution in [0.5, 0.6) is 0 Å². The van der Waals surface area contributed by atoms with E-state index in [1.54, 1.807) is 12.1 Å². The van der Waals surface area contributed by atoms with Crippen molar-refractivity contribution in [1.29, 1.82) is 0 Å². The maximum absolute atomic E-state index is 14.1. The molecule has 1 saturated heterocycles. The number of benzene rings is 1. The van der Waals surface area contributed by atoms with Crippen LogP contribution in [-0.4, -0.2) is 30.6 Å². The van der Waals surface area contributed by atoms with Gasteiger partial charge in [-0.05, 0) is 43.7 Å². The van der Waals surface area contributed by atoms with E-state index in [0.29, 0.717) is 5.92 Å². The van der Waals surface area contributed by atoms with Crippen LogP contribution in [-0.2, 0) is 0 Å². The molecule has 1 saturated carbocycles. The maximum atomic E-state index is 14.1. The molecule has 1 N–H and O–H groups in total. The summed E-state index contributed by atoms with van der Waals surface area (Å²) in [6.07, 6.45) is 4.17. The molecule has 1 aromatic carbocycles. The van der Waals surface area contributed by atoms with Crippen LogP contribution in [0.1, 0.15) is 44.7 Å². The van der Waals surface area contributed by atoms with Crippen molar-refractivity contribution in [3.05, 3.63) is 35.6 Å². The Labute approximate surface area is 127 Å². The largest absolute Gasteiger partial charge is 0.310 e. The quantitative estimate of drug-likeness (QED) is 0.861. The van der Waals surface area contributed by atoms with Crippen LogP contribution in [0.4, 0.5) is 4.39 Å². The van der Waals surface area contributed by atoms with Crippen LogP contribution in [0.3, 0.4) is 0 Å². The van der Waals surface area contributed by atoms with Gasteiger partial charge >= 0.3 is 0 Å². The molecule has 2 aliphatic rings. The second-order valence-electron chi connectivity index (χ2n) is 6.82. The monoisotopic (exact) mass is 290 g/mol. The molecule has 0 aromatic heterocycles. The summed E-state index contributed by atoms with van der Waals surface area (Å²) in [7, 11) is 0. The van der Waals surface area contributed by atoms with Gasteiger partial charge in [-0.3, -0.25) is 4.90 Å². The predicted octanol–water partition coefficient (Wildman–Crippen LogP) is 3.60. The molecule has 2 fully saturated rings. The minimum absolute atomic E-state index is 0.0850. The molecule has 1 aliphatic heterocycles. The summed E-state index contributed by atoms with van der Waals surface area (Å²) in [5.41, 5.74) is 0.816. The first-order valence-electron chi connectivity index (χ1n) is 8.41. The van der Waals surface area contributed by atoms with E-state index < -0.39 is 0 Å². The summed E-state index contributed by atoms with van der Waals surface area (Å²) in [6, 6.07) is 8.11. The summed E-state index contributed by atoms with van der Waals surface area (Å²) < 4.78 is 14.1. The van der Waals surface area contributed by atoms with Gasteiger partial charge < -0.3 is 5.32 Å². The summed E-state index contributed by atoms with van der Waals surface area (Å²) in [4.78, 5) is 2.64. The highest BCUT2D eigenvalue weighted by Gasteiger charge is 2.38. The summed E-state index contributed by atoms with van der Waals surface area (Å²) >= 11 is 0. The lowest BCUT2D eigenvalue weighted by Crippen LogP contribution is -2.40. The van der Waals surface area contributed by atoms with Gasteiger partial charge in [0.2, 0.25) is 0 Å². The van der Waals surface area contributed by atoms with Crippen molar-refractivity contribution >= 4 is 0 Å². The van der Waals surface area contributed by atoms with Crippen LogP contribution >= 0.6 is 0 Å². The van der Waals surface area contributed by atoms with Crippen molar-refractivity contribution in [2.75, 3.05) is 19.6 Å². The highest BCUT2D eigenvalue weighted by atomic mass is 19.1. The van der Waals surface area contributed by atoms with Gasteiger partial charge in [0, 0.05) is 30.7 Å². The third-order valence-corrected chi connectivity index (χ3v) is 5.28. The fraction of sp³-hybridized carbons (Fsp3) is 0.667. The average molecular weight is 290 g/mol. The molecule has 21 heavy (non-hydrogen) atoms. The lowest BCUT2D eigenvalue weighted by molar-refractivity contribution is 0.168. The van der Waals surface area contributed by atoms with Crippen LogP contribution in [0.2, 0.25) is 0 Å². The van der Waals surface area contributed by atoms with Gasteiger partial charge in [0.25, 0.3) is 0 Å². The van der Waals surface area contributed by atoms with Crippen molar-refractivity contribution in [2.45, 2.75) is 45.2 Å². The number of likely N-dealkylation sites (tertiary alicyclic amines) is 1. The third kappa shape index (κ3) is 3.14. The topological polar surface area (TPSA) is 15.3 Å². The van der Waals surface area contributed by atoms with E-state index in [0.717, 1.165) is 30.6 Å². The average Bonchev–Trinajstić information content (AvgIpc) is 3.08. The van der Waals surface area contributed by atoms with Crippen molar-refractivity contribution < 1.29 is 4.39 Å². The molecule has 4 atom stereocenters. The highest BCUT2D eigenvalue weighted by molar-refractivity contribution is 5.22. The number of nitrogens with one attached hydrogen (secondary N) is 1. The van der Waals surface area contributed by atoms with Crippen LogP contribution < -0.4 is 5.32 Å². The number of rotatable bonds is 6. The van der Waals surface area contributed by atoms with Crippen molar-refractivity contribution in [3.8, 4) is 0 Å². The fourth-order valence-electron chi connectivity index (χ4n) is 4.29. The van der Waals surface area contributed by atoms with Gasteiger partial charge in [-0.1, -0.05) is 32.0 Å². The SMILES string of the molecule is CCNC(c1ccccc1F)C(C)CN1CC2CCC1C2. The van der Waals surface area contributed by atoms with E-state index in [9.17, 15) is 4.39 Å². The van der Waals surface area contributed by atoms with Gasteiger partial charge in [0.1, 0.15) is 5.82 Å². The van der Waals surface area contributed by atoms with Crippen molar-refractivity contribution in [2.24, 2.45) is 11.8 Å². The van der Waals surface area contributed by atoms with E-state index in [1.807, 2.05) is 12.1 Å². The Hall–Kier alpha value is -0.930. The summed E-state index contributed by atoms with van der Waals surface area (Å²) in [5, 5.41) is 3.49. The highest BCUT2D eigenvalue weighted by Crippen LogP contribution is 2.38. The Kier molecular flexibility index (Phi) is 4.60. The molecule has 4 unspecified atom stereocenters. The first-order chi connectivity index (χ1) is 10.2. The fourth-order valence-corrected chi connectivity index (χ4v) is 4.29. The zero-order chi connectivity index (χ0) is 14.8. The van der Waals surface area contributed by atoms with Gasteiger partial charge in [-0.15, -0.1) is 0 Å². The standard InChI is InChI=1S/C18H27FN2/c1-3-20-18(16-6-4-5-7-17(16)19)13(2)11-21-12-14-8-9-15(21)10-14/h4-7,13-15,18,20H,3,8-12H2,1-2H3. The predicted molar refractivity (Wildman–Crippen MR) is 84.7 cm³/mol. The first-order valence-corrected chi connectivity index (χ1v) is 8.41. The number of nitrogens with zero attached hydrogens (tertiary/aromatic N) is 1. The third-order valence-electron chi connectivity index (χ3n) is 5.28. The molecule has 0 spiro atoms. The Balaban J connectivity index is 1.70. The number of piperidine rings is 1. The van der Waals surface area contributed by atoms with Crippen LogP contribution in [0.15, 0.2) is 24.3 Å². The molecule has 1 heterocycles. The second kappa shape index (κ2) is 6.45. The summed E-state index contributed by atoms with van der Waals surface area (Å²) in [5.74, 6) is 1.26. The minimum Gasteiger partial charge on any atom is -0.310 e. The molecule has 0 radical (unpaired) electrons. The number of hydrogen-bond donors (Lipinski definition) is 1. The molecular weight excluding hydrogens is 263 g/mol. The first kappa shape index (κ1) is 15.0. The van der Waals surface area contributed by atoms with E-state index in [2.05, 4.69) is 24.1 Å². The molecule has 3 rings (SSSR count). The molecule has 3 heteroatoms.